The van der Waals surface area contributed by atoms with E-state index in [1.807, 2.05) is 31.2 Å². The van der Waals surface area contributed by atoms with E-state index >= 15 is 0 Å². The Hall–Kier alpha value is -1.20. The molecule has 0 unspecified atom stereocenters. The van der Waals surface area contributed by atoms with Crippen LogP contribution in [0.1, 0.15) is 20.8 Å². The molecule has 1 aromatic rings. The maximum atomic E-state index is 12.0. The van der Waals surface area contributed by atoms with Gasteiger partial charge in [-0.2, -0.15) is 11.8 Å². The van der Waals surface area contributed by atoms with Crippen LogP contribution in [0.25, 0.3) is 0 Å². The molecule has 0 aromatic heterocycles. The average molecular weight is 310 g/mol. The summed E-state index contributed by atoms with van der Waals surface area (Å²) in [5.74, 6) is 2.19. The number of anilines is 1. The van der Waals surface area contributed by atoms with Crippen LogP contribution >= 0.6 is 11.8 Å². The molecule has 0 saturated heterocycles. The Balaban J connectivity index is 2.34. The number of nitrogens with one attached hydrogen (secondary N) is 1. The quantitative estimate of drug-likeness (QED) is 0.674. The van der Waals surface area contributed by atoms with Gasteiger partial charge in [0.05, 0.1) is 18.0 Å². The van der Waals surface area contributed by atoms with E-state index in [1.165, 1.54) is 0 Å². The molecule has 1 aromatic carbocycles. The SMILES string of the molecule is CCOc1ccccc1NC(=O)CSCCN(CC)CC. The largest absolute Gasteiger partial charge is 0.492 e. The average Bonchev–Trinajstić information content (AvgIpc) is 2.50. The summed E-state index contributed by atoms with van der Waals surface area (Å²) in [6.07, 6.45) is 0. The summed E-state index contributed by atoms with van der Waals surface area (Å²) in [5, 5.41) is 2.91. The minimum Gasteiger partial charge on any atom is -0.492 e. The summed E-state index contributed by atoms with van der Waals surface area (Å²) in [4.78, 5) is 14.3. The molecule has 1 N–H and O–H groups in total. The van der Waals surface area contributed by atoms with Gasteiger partial charge in [0.1, 0.15) is 5.75 Å². The summed E-state index contributed by atoms with van der Waals surface area (Å²) in [6.45, 7) is 9.99. The van der Waals surface area contributed by atoms with Crippen molar-refractivity contribution < 1.29 is 9.53 Å². The van der Waals surface area contributed by atoms with Gasteiger partial charge < -0.3 is 15.0 Å². The Morgan fingerprint density at radius 2 is 1.95 bits per heavy atom. The van der Waals surface area contributed by atoms with Crippen molar-refractivity contribution in [3.63, 3.8) is 0 Å². The molecule has 118 valence electrons. The van der Waals surface area contributed by atoms with E-state index in [0.717, 1.165) is 36.8 Å². The first-order valence-corrected chi connectivity index (χ1v) is 8.68. The van der Waals surface area contributed by atoms with Crippen molar-refractivity contribution in [2.45, 2.75) is 20.8 Å². The van der Waals surface area contributed by atoms with Crippen LogP contribution in [0.3, 0.4) is 0 Å². The van der Waals surface area contributed by atoms with Crippen molar-refractivity contribution in [2.75, 3.05) is 43.1 Å². The first-order chi connectivity index (χ1) is 10.2. The lowest BCUT2D eigenvalue weighted by atomic mass is 10.3. The highest BCUT2D eigenvalue weighted by molar-refractivity contribution is 7.99. The van der Waals surface area contributed by atoms with Crippen molar-refractivity contribution in [1.82, 2.24) is 4.90 Å². The zero-order valence-corrected chi connectivity index (χ0v) is 14.0. The van der Waals surface area contributed by atoms with Gasteiger partial charge in [0.2, 0.25) is 5.91 Å². The number of ether oxygens (including phenoxy) is 1. The molecule has 21 heavy (non-hydrogen) atoms. The van der Waals surface area contributed by atoms with E-state index in [1.54, 1.807) is 11.8 Å². The molecule has 0 fully saturated rings. The topological polar surface area (TPSA) is 41.6 Å². The number of nitrogens with zero attached hydrogens (tertiary/aromatic N) is 1. The van der Waals surface area contributed by atoms with Gasteiger partial charge in [-0.15, -0.1) is 0 Å². The number of carbonyl (C=O) groups is 1. The Labute approximate surface area is 132 Å². The summed E-state index contributed by atoms with van der Waals surface area (Å²) in [7, 11) is 0. The van der Waals surface area contributed by atoms with Crippen molar-refractivity contribution in [3.8, 4) is 5.75 Å². The Bertz CT molecular complexity index is 422. The lowest BCUT2D eigenvalue weighted by Crippen LogP contribution is -2.26. The van der Waals surface area contributed by atoms with E-state index < -0.39 is 0 Å². The molecule has 0 atom stereocenters. The number of para-hydroxylation sites is 2. The van der Waals surface area contributed by atoms with Crippen LogP contribution in [0.15, 0.2) is 24.3 Å². The highest BCUT2D eigenvalue weighted by Crippen LogP contribution is 2.23. The van der Waals surface area contributed by atoms with E-state index in [0.29, 0.717) is 12.4 Å². The smallest absolute Gasteiger partial charge is 0.234 e. The molecule has 1 rings (SSSR count). The molecule has 0 bridgehead atoms. The first-order valence-electron chi connectivity index (χ1n) is 7.53. The lowest BCUT2D eigenvalue weighted by Gasteiger charge is -2.17. The number of hydrogen-bond acceptors (Lipinski definition) is 4. The highest BCUT2D eigenvalue weighted by atomic mass is 32.2. The molecule has 0 heterocycles. The molecule has 0 spiro atoms. The summed E-state index contributed by atoms with van der Waals surface area (Å²) in [5.41, 5.74) is 0.744. The number of carbonyl (C=O) groups excluding carboxylic acids is 1. The van der Waals surface area contributed by atoms with Crippen LogP contribution in [0.5, 0.6) is 5.75 Å². The summed E-state index contributed by atoms with van der Waals surface area (Å²) >= 11 is 1.66. The maximum absolute atomic E-state index is 12.0. The molecular formula is C16H26N2O2S. The zero-order valence-electron chi connectivity index (χ0n) is 13.2. The number of benzene rings is 1. The van der Waals surface area contributed by atoms with Crippen LogP contribution in [0.2, 0.25) is 0 Å². The van der Waals surface area contributed by atoms with Gasteiger partial charge >= 0.3 is 0 Å². The number of hydrogen-bond donors (Lipinski definition) is 1. The highest BCUT2D eigenvalue weighted by Gasteiger charge is 2.07. The molecule has 1 amide bonds. The minimum absolute atomic E-state index is 0.0201. The third-order valence-corrected chi connectivity index (χ3v) is 4.08. The third kappa shape index (κ3) is 6.87. The maximum Gasteiger partial charge on any atom is 0.234 e. The second-order valence-corrected chi connectivity index (χ2v) is 5.66. The van der Waals surface area contributed by atoms with Gasteiger partial charge in [0.15, 0.2) is 0 Å². The summed E-state index contributed by atoms with van der Waals surface area (Å²) < 4.78 is 5.50. The van der Waals surface area contributed by atoms with Gasteiger partial charge in [-0.3, -0.25) is 4.79 Å². The van der Waals surface area contributed by atoms with Crippen LogP contribution in [0.4, 0.5) is 5.69 Å². The third-order valence-electron chi connectivity index (χ3n) is 3.14. The fourth-order valence-corrected chi connectivity index (χ4v) is 2.73. The van der Waals surface area contributed by atoms with Gasteiger partial charge in [-0.05, 0) is 32.1 Å². The van der Waals surface area contributed by atoms with E-state index in [-0.39, 0.29) is 5.91 Å². The van der Waals surface area contributed by atoms with Crippen molar-refractivity contribution in [3.05, 3.63) is 24.3 Å². The Morgan fingerprint density at radius 1 is 1.24 bits per heavy atom. The van der Waals surface area contributed by atoms with Crippen LogP contribution in [-0.2, 0) is 4.79 Å². The Morgan fingerprint density at radius 3 is 2.62 bits per heavy atom. The van der Waals surface area contributed by atoms with E-state index in [9.17, 15) is 4.79 Å². The van der Waals surface area contributed by atoms with Gasteiger partial charge in [0, 0.05) is 12.3 Å². The van der Waals surface area contributed by atoms with Gasteiger partial charge in [-0.1, -0.05) is 26.0 Å². The monoisotopic (exact) mass is 310 g/mol. The Kier molecular flexibility index (Phi) is 8.94. The summed E-state index contributed by atoms with van der Waals surface area (Å²) in [6, 6.07) is 7.53. The van der Waals surface area contributed by atoms with Gasteiger partial charge in [-0.25, -0.2) is 0 Å². The number of thioether (sulfide) groups is 1. The van der Waals surface area contributed by atoms with Gasteiger partial charge in [0.25, 0.3) is 0 Å². The lowest BCUT2D eigenvalue weighted by molar-refractivity contribution is -0.113. The fourth-order valence-electron chi connectivity index (χ4n) is 1.94. The molecule has 5 heteroatoms. The second kappa shape index (κ2) is 10.5. The second-order valence-electron chi connectivity index (χ2n) is 4.56. The minimum atomic E-state index is 0.0201. The molecule has 0 saturated carbocycles. The van der Waals surface area contributed by atoms with Crippen LogP contribution < -0.4 is 10.1 Å². The molecule has 0 aliphatic carbocycles. The predicted octanol–water partition coefficient (Wildman–Crippen LogP) is 3.10. The molecule has 0 aliphatic heterocycles. The zero-order chi connectivity index (χ0) is 15.5. The van der Waals surface area contributed by atoms with Crippen molar-refractivity contribution >= 4 is 23.4 Å². The van der Waals surface area contributed by atoms with Crippen molar-refractivity contribution in [2.24, 2.45) is 0 Å². The standard InChI is InChI=1S/C16H26N2O2S/c1-4-18(5-2)11-12-21-13-16(19)17-14-9-7-8-10-15(14)20-6-3/h7-10H,4-6,11-13H2,1-3H3,(H,17,19). The number of amides is 1. The normalized spacial score (nSPS) is 10.7. The number of rotatable bonds is 10. The van der Waals surface area contributed by atoms with E-state index in [4.69, 9.17) is 4.74 Å². The molecule has 4 nitrogen and oxygen atoms in total. The van der Waals surface area contributed by atoms with Crippen molar-refractivity contribution in [1.29, 1.82) is 0 Å². The molecular weight excluding hydrogens is 284 g/mol. The van der Waals surface area contributed by atoms with Crippen LogP contribution in [-0.4, -0.2) is 48.6 Å². The molecule has 0 aliphatic rings. The predicted molar refractivity (Wildman–Crippen MR) is 91.4 cm³/mol. The molecule has 0 radical (unpaired) electrons. The first kappa shape index (κ1) is 17.9. The fraction of sp³-hybridized carbons (Fsp3) is 0.562. The van der Waals surface area contributed by atoms with E-state index in [2.05, 4.69) is 24.1 Å². The van der Waals surface area contributed by atoms with Crippen LogP contribution in [0, 0.1) is 0 Å².